The van der Waals surface area contributed by atoms with Gasteiger partial charge in [-0.25, -0.2) is 0 Å². The molecule has 1 aromatic rings. The molecule has 102 valence electrons. The molecule has 1 N–H and O–H groups in total. The van der Waals surface area contributed by atoms with Crippen molar-refractivity contribution in [3.8, 4) is 0 Å². The molecule has 0 aromatic heterocycles. The number of carbonyl (C=O) groups excluding carboxylic acids is 1. The number of amides is 1. The first-order valence-corrected chi connectivity index (χ1v) is 6.26. The van der Waals surface area contributed by atoms with E-state index in [1.807, 2.05) is 0 Å². The Kier molecular flexibility index (Phi) is 3.93. The van der Waals surface area contributed by atoms with Gasteiger partial charge in [-0.2, -0.15) is 0 Å². The number of benzene rings is 1. The van der Waals surface area contributed by atoms with Crippen LogP contribution < -0.4 is 0 Å². The number of likely N-dealkylation sites (tertiary alicyclic amines) is 1. The minimum Gasteiger partial charge on any atom is -0.391 e. The molecule has 1 aromatic carbocycles. The lowest BCUT2D eigenvalue weighted by Crippen LogP contribution is -2.29. The summed E-state index contributed by atoms with van der Waals surface area (Å²) in [6.45, 7) is 0.626. The summed E-state index contributed by atoms with van der Waals surface area (Å²) in [6, 6.07) is 2.39. The number of rotatable bonds is 2. The topological polar surface area (TPSA) is 83.7 Å². The fourth-order valence-electron chi connectivity index (χ4n) is 1.94. The molecule has 1 saturated heterocycles. The Labute approximate surface area is 118 Å². The Morgan fingerprint density at radius 3 is 2.68 bits per heavy atom. The van der Waals surface area contributed by atoms with E-state index >= 15 is 0 Å². The normalized spacial score (nSPS) is 18.7. The van der Waals surface area contributed by atoms with Gasteiger partial charge in [-0.1, -0.05) is 23.2 Å². The summed E-state index contributed by atoms with van der Waals surface area (Å²) < 4.78 is 0. The molecule has 0 aliphatic carbocycles. The predicted octanol–water partition coefficient (Wildman–Crippen LogP) is 2.11. The number of aliphatic hydroxyl groups is 1. The first-order chi connectivity index (χ1) is 8.90. The van der Waals surface area contributed by atoms with Crippen LogP contribution in [0.15, 0.2) is 12.1 Å². The maximum Gasteiger partial charge on any atom is 0.290 e. The van der Waals surface area contributed by atoms with Gasteiger partial charge in [0.05, 0.1) is 16.0 Å². The second-order valence-electron chi connectivity index (χ2n) is 4.24. The monoisotopic (exact) mass is 304 g/mol. The molecule has 1 heterocycles. The van der Waals surface area contributed by atoms with Crippen LogP contribution in [0.1, 0.15) is 16.8 Å². The van der Waals surface area contributed by atoms with E-state index in [9.17, 15) is 20.0 Å². The highest BCUT2D eigenvalue weighted by molar-refractivity contribution is 6.43. The van der Waals surface area contributed by atoms with E-state index in [2.05, 4.69) is 0 Å². The fourth-order valence-corrected chi connectivity index (χ4v) is 2.33. The van der Waals surface area contributed by atoms with Crippen molar-refractivity contribution in [3.63, 3.8) is 0 Å². The van der Waals surface area contributed by atoms with Gasteiger partial charge in [0, 0.05) is 24.7 Å². The number of carbonyl (C=O) groups is 1. The molecular formula is C11H10Cl2N2O4. The molecule has 1 aliphatic heterocycles. The maximum absolute atomic E-state index is 12.1. The van der Waals surface area contributed by atoms with Gasteiger partial charge in [0.25, 0.3) is 11.6 Å². The SMILES string of the molecule is O=C(c1cc(Cl)c(Cl)c([N+](=O)[O-])c1)N1CC[C@H](O)C1. The first-order valence-electron chi connectivity index (χ1n) is 5.51. The van der Waals surface area contributed by atoms with Gasteiger partial charge < -0.3 is 10.0 Å². The fraction of sp³-hybridized carbons (Fsp3) is 0.364. The van der Waals surface area contributed by atoms with E-state index in [4.69, 9.17) is 23.2 Å². The Morgan fingerprint density at radius 2 is 2.16 bits per heavy atom. The lowest BCUT2D eigenvalue weighted by molar-refractivity contribution is -0.384. The molecule has 8 heteroatoms. The van der Waals surface area contributed by atoms with Crippen LogP contribution in [0.2, 0.25) is 10.0 Å². The number of hydrogen-bond acceptors (Lipinski definition) is 4. The number of nitrogens with zero attached hydrogens (tertiary/aromatic N) is 2. The number of nitro groups is 1. The molecule has 1 atom stereocenters. The highest BCUT2D eigenvalue weighted by atomic mass is 35.5. The molecule has 6 nitrogen and oxygen atoms in total. The summed E-state index contributed by atoms with van der Waals surface area (Å²) in [5, 5.41) is 20.0. The quantitative estimate of drug-likeness (QED) is 0.670. The number of aliphatic hydroxyl groups excluding tert-OH is 1. The highest BCUT2D eigenvalue weighted by Crippen LogP contribution is 2.33. The molecule has 0 spiro atoms. The molecule has 2 rings (SSSR count). The standard InChI is InChI=1S/C11H10Cl2N2O4/c12-8-3-6(4-9(10(8)13)15(18)19)11(17)14-2-1-7(16)5-14/h3-4,7,16H,1-2,5H2/t7-/m0/s1. The molecule has 1 fully saturated rings. The summed E-state index contributed by atoms with van der Waals surface area (Å²) in [5.41, 5.74) is -0.313. The first kappa shape index (κ1) is 14.0. The third-order valence-corrected chi connectivity index (χ3v) is 3.70. The highest BCUT2D eigenvalue weighted by Gasteiger charge is 2.28. The number of nitro benzene ring substituents is 1. The van der Waals surface area contributed by atoms with E-state index < -0.39 is 22.6 Å². The number of hydrogen-bond donors (Lipinski definition) is 1. The van der Waals surface area contributed by atoms with Crippen LogP contribution in [0.4, 0.5) is 5.69 Å². The van der Waals surface area contributed by atoms with Crippen molar-refractivity contribution in [2.45, 2.75) is 12.5 Å². The maximum atomic E-state index is 12.1. The zero-order valence-corrected chi connectivity index (χ0v) is 11.2. The van der Waals surface area contributed by atoms with Crippen molar-refractivity contribution in [2.75, 3.05) is 13.1 Å². The summed E-state index contributed by atoms with van der Waals surface area (Å²) in [5.74, 6) is -0.404. The van der Waals surface area contributed by atoms with Gasteiger partial charge in [-0.15, -0.1) is 0 Å². The zero-order valence-electron chi connectivity index (χ0n) is 9.68. The summed E-state index contributed by atoms with van der Waals surface area (Å²) in [4.78, 5) is 23.7. The van der Waals surface area contributed by atoms with Crippen LogP contribution in [-0.2, 0) is 0 Å². The smallest absolute Gasteiger partial charge is 0.290 e. The van der Waals surface area contributed by atoms with Crippen LogP contribution in [0.3, 0.4) is 0 Å². The van der Waals surface area contributed by atoms with Gasteiger partial charge in [-0.05, 0) is 12.5 Å². The van der Waals surface area contributed by atoms with Crippen LogP contribution in [-0.4, -0.2) is 40.0 Å². The van der Waals surface area contributed by atoms with Crippen molar-refractivity contribution in [1.29, 1.82) is 0 Å². The minimum atomic E-state index is -0.691. The second-order valence-corrected chi connectivity index (χ2v) is 5.03. The molecule has 1 amide bonds. The van der Waals surface area contributed by atoms with Crippen molar-refractivity contribution < 1.29 is 14.8 Å². The van der Waals surface area contributed by atoms with E-state index in [0.717, 1.165) is 6.07 Å². The zero-order chi connectivity index (χ0) is 14.2. The Bertz CT molecular complexity index is 550. The van der Waals surface area contributed by atoms with Crippen molar-refractivity contribution in [2.24, 2.45) is 0 Å². The minimum absolute atomic E-state index is 0.0426. The van der Waals surface area contributed by atoms with Gasteiger partial charge >= 0.3 is 0 Å². The third-order valence-electron chi connectivity index (χ3n) is 2.90. The lowest BCUT2D eigenvalue weighted by atomic mass is 10.1. The molecule has 19 heavy (non-hydrogen) atoms. The van der Waals surface area contributed by atoms with Crippen LogP contribution in [0, 0.1) is 10.1 Å². The average molecular weight is 305 g/mol. The molecule has 0 bridgehead atoms. The number of halogens is 2. The van der Waals surface area contributed by atoms with Gasteiger partial charge in [0.2, 0.25) is 0 Å². The van der Waals surface area contributed by atoms with Gasteiger partial charge in [0.1, 0.15) is 5.02 Å². The summed E-state index contributed by atoms with van der Waals surface area (Å²) in [7, 11) is 0. The number of β-amino-alcohol motifs (C(OH)–C–C–N with tert-alkyl or cyclic N) is 1. The van der Waals surface area contributed by atoms with E-state index in [0.29, 0.717) is 13.0 Å². The van der Waals surface area contributed by atoms with Crippen molar-refractivity contribution >= 4 is 34.8 Å². The summed E-state index contributed by atoms with van der Waals surface area (Å²) >= 11 is 11.5. The molecule has 1 aliphatic rings. The van der Waals surface area contributed by atoms with E-state index in [1.54, 1.807) is 0 Å². The predicted molar refractivity (Wildman–Crippen MR) is 69.6 cm³/mol. The van der Waals surface area contributed by atoms with Crippen LogP contribution in [0.5, 0.6) is 0 Å². The average Bonchev–Trinajstić information content (AvgIpc) is 2.78. The Balaban J connectivity index is 2.35. The molecule has 0 unspecified atom stereocenters. The lowest BCUT2D eigenvalue weighted by Gasteiger charge is -2.15. The summed E-state index contributed by atoms with van der Waals surface area (Å²) in [6.07, 6.45) is -0.0588. The largest absolute Gasteiger partial charge is 0.391 e. The second kappa shape index (κ2) is 5.32. The third kappa shape index (κ3) is 2.80. The van der Waals surface area contributed by atoms with Crippen LogP contribution >= 0.6 is 23.2 Å². The van der Waals surface area contributed by atoms with Gasteiger partial charge in [-0.3, -0.25) is 14.9 Å². The molecule has 0 saturated carbocycles. The van der Waals surface area contributed by atoms with Crippen molar-refractivity contribution in [1.82, 2.24) is 4.90 Å². The Morgan fingerprint density at radius 1 is 1.47 bits per heavy atom. The van der Waals surface area contributed by atoms with E-state index in [-0.39, 0.29) is 22.2 Å². The molecule has 0 radical (unpaired) electrons. The molecular weight excluding hydrogens is 295 g/mol. The van der Waals surface area contributed by atoms with Crippen molar-refractivity contribution in [3.05, 3.63) is 37.9 Å². The van der Waals surface area contributed by atoms with Gasteiger partial charge in [0.15, 0.2) is 0 Å². The van der Waals surface area contributed by atoms with E-state index in [1.165, 1.54) is 11.0 Å². The van der Waals surface area contributed by atoms with Crippen LogP contribution in [0.25, 0.3) is 0 Å². The Hall–Kier alpha value is -1.37.